The fourth-order valence-corrected chi connectivity index (χ4v) is 2.96. The van der Waals surface area contributed by atoms with E-state index in [9.17, 15) is 13.6 Å². The molecule has 1 aromatic carbocycles. The first-order chi connectivity index (χ1) is 9.15. The summed E-state index contributed by atoms with van der Waals surface area (Å²) in [7, 11) is 0. The fourth-order valence-electron chi connectivity index (χ4n) is 1.94. The van der Waals surface area contributed by atoms with Crippen molar-refractivity contribution in [1.29, 1.82) is 0 Å². The molecule has 1 heterocycles. The number of thioether (sulfide) groups is 1. The highest BCUT2D eigenvalue weighted by molar-refractivity contribution is 8.00. The van der Waals surface area contributed by atoms with Crippen molar-refractivity contribution in [3.8, 4) is 0 Å². The van der Waals surface area contributed by atoms with E-state index >= 15 is 0 Å². The fraction of sp³-hybridized carbons (Fsp3) is 0.462. The number of amides is 1. The summed E-state index contributed by atoms with van der Waals surface area (Å²) in [6.45, 7) is 1.94. The zero-order chi connectivity index (χ0) is 13.7. The van der Waals surface area contributed by atoms with Crippen LogP contribution >= 0.6 is 11.8 Å². The molecule has 0 radical (unpaired) electrons. The van der Waals surface area contributed by atoms with Crippen LogP contribution in [0.2, 0.25) is 0 Å². The second-order valence-electron chi connectivity index (χ2n) is 4.43. The second-order valence-corrected chi connectivity index (χ2v) is 5.72. The Balaban J connectivity index is 1.81. The SMILES string of the molecule is O=C(CSC1CCNCC1)Nc1cc(F)ccc1F. The zero-order valence-corrected chi connectivity index (χ0v) is 11.2. The van der Waals surface area contributed by atoms with Crippen LogP contribution in [0, 0.1) is 11.6 Å². The van der Waals surface area contributed by atoms with Crippen molar-refractivity contribution in [3.63, 3.8) is 0 Å². The number of carbonyl (C=O) groups excluding carboxylic acids is 1. The quantitative estimate of drug-likeness (QED) is 0.893. The zero-order valence-electron chi connectivity index (χ0n) is 10.4. The number of anilines is 1. The van der Waals surface area contributed by atoms with E-state index in [0.717, 1.165) is 44.1 Å². The molecule has 0 aliphatic carbocycles. The molecule has 104 valence electrons. The third-order valence-corrected chi connectivity index (χ3v) is 4.31. The van der Waals surface area contributed by atoms with E-state index in [-0.39, 0.29) is 17.3 Å². The van der Waals surface area contributed by atoms with Gasteiger partial charge in [0.1, 0.15) is 11.6 Å². The van der Waals surface area contributed by atoms with Crippen LogP contribution in [-0.4, -0.2) is 30.0 Å². The molecular weight excluding hydrogens is 270 g/mol. The van der Waals surface area contributed by atoms with Crippen molar-refractivity contribution in [2.75, 3.05) is 24.2 Å². The summed E-state index contributed by atoms with van der Waals surface area (Å²) in [4.78, 5) is 11.7. The van der Waals surface area contributed by atoms with Gasteiger partial charge in [-0.25, -0.2) is 8.78 Å². The van der Waals surface area contributed by atoms with Gasteiger partial charge in [-0.1, -0.05) is 0 Å². The van der Waals surface area contributed by atoms with E-state index in [2.05, 4.69) is 10.6 Å². The number of carbonyl (C=O) groups is 1. The van der Waals surface area contributed by atoms with Gasteiger partial charge in [-0.3, -0.25) is 4.79 Å². The predicted molar refractivity (Wildman–Crippen MR) is 73.3 cm³/mol. The summed E-state index contributed by atoms with van der Waals surface area (Å²) in [5.74, 6) is -1.22. The van der Waals surface area contributed by atoms with Crippen molar-refractivity contribution >= 4 is 23.4 Å². The molecule has 1 aliphatic heterocycles. The molecule has 0 saturated carbocycles. The normalized spacial score (nSPS) is 16.3. The lowest BCUT2D eigenvalue weighted by Crippen LogP contribution is -2.30. The first kappa shape index (κ1) is 14.3. The lowest BCUT2D eigenvalue weighted by atomic mass is 10.2. The van der Waals surface area contributed by atoms with Crippen molar-refractivity contribution in [2.45, 2.75) is 18.1 Å². The lowest BCUT2D eigenvalue weighted by Gasteiger charge is -2.21. The average molecular weight is 286 g/mol. The highest BCUT2D eigenvalue weighted by atomic mass is 32.2. The first-order valence-corrected chi connectivity index (χ1v) is 7.27. The molecule has 3 nitrogen and oxygen atoms in total. The maximum absolute atomic E-state index is 13.3. The number of hydrogen-bond donors (Lipinski definition) is 2. The van der Waals surface area contributed by atoms with Crippen LogP contribution in [0.3, 0.4) is 0 Å². The number of hydrogen-bond acceptors (Lipinski definition) is 3. The van der Waals surface area contributed by atoms with Gasteiger partial charge in [0.2, 0.25) is 5.91 Å². The van der Waals surface area contributed by atoms with E-state index < -0.39 is 11.6 Å². The topological polar surface area (TPSA) is 41.1 Å². The first-order valence-electron chi connectivity index (χ1n) is 6.22. The lowest BCUT2D eigenvalue weighted by molar-refractivity contribution is -0.113. The molecule has 0 aromatic heterocycles. The summed E-state index contributed by atoms with van der Waals surface area (Å²) >= 11 is 1.57. The molecular formula is C13H16F2N2OS. The van der Waals surface area contributed by atoms with Crippen LogP contribution < -0.4 is 10.6 Å². The molecule has 0 spiro atoms. The Hall–Kier alpha value is -1.14. The summed E-state index contributed by atoms with van der Waals surface area (Å²) in [5, 5.41) is 6.11. The standard InChI is InChI=1S/C13H16F2N2OS/c14-9-1-2-11(15)12(7-9)17-13(18)8-19-10-3-5-16-6-4-10/h1-2,7,10,16H,3-6,8H2,(H,17,18). The highest BCUT2D eigenvalue weighted by Gasteiger charge is 2.15. The van der Waals surface area contributed by atoms with Gasteiger partial charge < -0.3 is 10.6 Å². The molecule has 0 bridgehead atoms. The Bertz CT molecular complexity index is 450. The van der Waals surface area contributed by atoms with E-state index in [4.69, 9.17) is 0 Å². The van der Waals surface area contributed by atoms with Gasteiger partial charge in [-0.05, 0) is 38.1 Å². The maximum Gasteiger partial charge on any atom is 0.234 e. The van der Waals surface area contributed by atoms with Gasteiger partial charge in [0.25, 0.3) is 0 Å². The van der Waals surface area contributed by atoms with Crippen LogP contribution in [0.15, 0.2) is 18.2 Å². The van der Waals surface area contributed by atoms with E-state index in [1.165, 1.54) is 0 Å². The summed E-state index contributed by atoms with van der Waals surface area (Å²) in [6.07, 6.45) is 2.07. The van der Waals surface area contributed by atoms with Crippen LogP contribution in [0.25, 0.3) is 0 Å². The minimum Gasteiger partial charge on any atom is -0.323 e. The Morgan fingerprint density at radius 2 is 2.11 bits per heavy atom. The van der Waals surface area contributed by atoms with Gasteiger partial charge >= 0.3 is 0 Å². The smallest absolute Gasteiger partial charge is 0.234 e. The number of piperidine rings is 1. The van der Waals surface area contributed by atoms with Crippen LogP contribution in [-0.2, 0) is 4.79 Å². The van der Waals surface area contributed by atoms with Gasteiger partial charge in [0, 0.05) is 11.3 Å². The third kappa shape index (κ3) is 4.47. The van der Waals surface area contributed by atoms with Crippen molar-refractivity contribution in [2.24, 2.45) is 0 Å². The molecule has 2 rings (SSSR count). The monoisotopic (exact) mass is 286 g/mol. The molecule has 6 heteroatoms. The Morgan fingerprint density at radius 3 is 2.84 bits per heavy atom. The highest BCUT2D eigenvalue weighted by Crippen LogP contribution is 2.21. The van der Waals surface area contributed by atoms with Crippen LogP contribution in [0.5, 0.6) is 0 Å². The van der Waals surface area contributed by atoms with E-state index in [1.807, 2.05) is 0 Å². The Morgan fingerprint density at radius 1 is 1.37 bits per heavy atom. The van der Waals surface area contributed by atoms with E-state index in [1.54, 1.807) is 11.8 Å². The third-order valence-electron chi connectivity index (χ3n) is 2.94. The molecule has 1 fully saturated rings. The average Bonchev–Trinajstić information content (AvgIpc) is 2.42. The summed E-state index contributed by atoms with van der Waals surface area (Å²) in [5.41, 5.74) is -0.101. The van der Waals surface area contributed by atoms with Crippen LogP contribution in [0.4, 0.5) is 14.5 Å². The van der Waals surface area contributed by atoms with Crippen molar-refractivity contribution in [3.05, 3.63) is 29.8 Å². The summed E-state index contributed by atoms with van der Waals surface area (Å²) < 4.78 is 26.3. The van der Waals surface area contributed by atoms with Gasteiger partial charge in [-0.15, -0.1) is 11.8 Å². The Labute approximate surface area is 115 Å². The molecule has 1 saturated heterocycles. The molecule has 2 N–H and O–H groups in total. The molecule has 1 aliphatic rings. The maximum atomic E-state index is 13.3. The molecule has 1 amide bonds. The minimum atomic E-state index is -0.624. The van der Waals surface area contributed by atoms with Gasteiger partial charge in [0.15, 0.2) is 0 Å². The predicted octanol–water partition coefficient (Wildman–Crippen LogP) is 2.39. The number of halogens is 2. The van der Waals surface area contributed by atoms with Gasteiger partial charge in [-0.2, -0.15) is 0 Å². The minimum absolute atomic E-state index is 0.101. The number of rotatable bonds is 4. The number of nitrogens with one attached hydrogen (secondary N) is 2. The Kier molecular flexibility index (Phi) is 5.15. The largest absolute Gasteiger partial charge is 0.323 e. The molecule has 1 aromatic rings. The molecule has 0 atom stereocenters. The van der Waals surface area contributed by atoms with Gasteiger partial charge in [0.05, 0.1) is 11.4 Å². The molecule has 19 heavy (non-hydrogen) atoms. The second kappa shape index (κ2) is 6.86. The van der Waals surface area contributed by atoms with Crippen molar-refractivity contribution < 1.29 is 13.6 Å². The van der Waals surface area contributed by atoms with Crippen LogP contribution in [0.1, 0.15) is 12.8 Å². The van der Waals surface area contributed by atoms with Crippen molar-refractivity contribution in [1.82, 2.24) is 5.32 Å². The summed E-state index contributed by atoms with van der Waals surface area (Å²) in [6, 6.07) is 3.02. The molecule has 0 unspecified atom stereocenters. The van der Waals surface area contributed by atoms with E-state index in [0.29, 0.717) is 5.25 Å². The number of benzene rings is 1.